The zero-order valence-electron chi connectivity index (χ0n) is 14.6. The highest BCUT2D eigenvalue weighted by atomic mass is 16.2. The molecule has 2 unspecified atom stereocenters. The molecule has 0 aromatic rings. The number of carbonyl (C=O) groups excluding carboxylic acids is 4. The van der Waals surface area contributed by atoms with E-state index in [0.29, 0.717) is 0 Å². The SMILES string of the molecule is CC(=O)CC(C(=O)C(C)(C)C)N1C(=O)CC(C(C)(C)C)C1=O. The normalized spacial score (nSPS) is 21.2. The Morgan fingerprint density at radius 2 is 1.64 bits per heavy atom. The van der Waals surface area contributed by atoms with Gasteiger partial charge in [-0.3, -0.25) is 24.1 Å². The highest BCUT2D eigenvalue weighted by molar-refractivity contribution is 6.09. The molecule has 2 amide bonds. The number of hydrogen-bond donors (Lipinski definition) is 0. The molecule has 2 atom stereocenters. The summed E-state index contributed by atoms with van der Waals surface area (Å²) < 4.78 is 0. The predicted molar refractivity (Wildman–Crippen MR) is 83.0 cm³/mol. The van der Waals surface area contributed by atoms with Crippen LogP contribution in [-0.2, 0) is 19.2 Å². The number of amides is 2. The van der Waals surface area contributed by atoms with Crippen molar-refractivity contribution in [3.05, 3.63) is 0 Å². The molecule has 5 nitrogen and oxygen atoms in total. The van der Waals surface area contributed by atoms with Gasteiger partial charge < -0.3 is 0 Å². The summed E-state index contributed by atoms with van der Waals surface area (Å²) in [5, 5.41) is 0. The number of likely N-dealkylation sites (tertiary alicyclic amines) is 1. The third-order valence-corrected chi connectivity index (χ3v) is 4.06. The lowest BCUT2D eigenvalue weighted by Gasteiger charge is -2.31. The minimum absolute atomic E-state index is 0.105. The Morgan fingerprint density at radius 1 is 1.14 bits per heavy atom. The monoisotopic (exact) mass is 309 g/mol. The zero-order chi connectivity index (χ0) is 17.5. The average molecular weight is 309 g/mol. The van der Waals surface area contributed by atoms with Gasteiger partial charge in [0.25, 0.3) is 0 Å². The molecule has 0 bridgehead atoms. The van der Waals surface area contributed by atoms with Gasteiger partial charge in [0.2, 0.25) is 11.8 Å². The number of nitrogens with zero attached hydrogens (tertiary/aromatic N) is 1. The summed E-state index contributed by atoms with van der Waals surface area (Å²) in [6, 6.07) is -0.982. The first-order valence-electron chi connectivity index (χ1n) is 7.66. The Hall–Kier alpha value is -1.52. The molecular formula is C17H27NO4. The number of hydrogen-bond acceptors (Lipinski definition) is 4. The predicted octanol–water partition coefficient (Wildman–Crippen LogP) is 2.37. The van der Waals surface area contributed by atoms with Crippen molar-refractivity contribution in [3.8, 4) is 0 Å². The van der Waals surface area contributed by atoms with E-state index in [1.807, 2.05) is 20.8 Å². The lowest BCUT2D eigenvalue weighted by molar-refractivity contribution is -0.150. The highest BCUT2D eigenvalue weighted by Crippen LogP contribution is 2.37. The van der Waals surface area contributed by atoms with Gasteiger partial charge in [0, 0.05) is 18.3 Å². The Kier molecular flexibility index (Phi) is 5.00. The molecule has 1 rings (SSSR count). The maximum atomic E-state index is 12.7. The first-order valence-corrected chi connectivity index (χ1v) is 7.66. The second-order valence-electron chi connectivity index (χ2n) is 8.26. The van der Waals surface area contributed by atoms with Crippen LogP contribution in [0.25, 0.3) is 0 Å². The van der Waals surface area contributed by atoms with Crippen molar-refractivity contribution in [1.29, 1.82) is 0 Å². The summed E-state index contributed by atoms with van der Waals surface area (Å²) >= 11 is 0. The summed E-state index contributed by atoms with van der Waals surface area (Å²) in [6.07, 6.45) is -0.00138. The summed E-state index contributed by atoms with van der Waals surface area (Å²) in [5.41, 5.74) is -1.08. The lowest BCUT2D eigenvalue weighted by atomic mass is 9.79. The van der Waals surface area contributed by atoms with Crippen LogP contribution in [0, 0.1) is 16.7 Å². The van der Waals surface area contributed by atoms with Gasteiger partial charge in [0.1, 0.15) is 11.8 Å². The summed E-state index contributed by atoms with van der Waals surface area (Å²) in [7, 11) is 0. The third kappa shape index (κ3) is 3.81. The van der Waals surface area contributed by atoms with Crippen molar-refractivity contribution in [3.63, 3.8) is 0 Å². The van der Waals surface area contributed by atoms with Crippen LogP contribution in [0.2, 0.25) is 0 Å². The number of carbonyl (C=O) groups is 4. The molecule has 1 aliphatic rings. The van der Waals surface area contributed by atoms with Gasteiger partial charge in [0.15, 0.2) is 5.78 Å². The summed E-state index contributed by atoms with van der Waals surface area (Å²) in [6.45, 7) is 12.3. The molecule has 1 saturated heterocycles. The van der Waals surface area contributed by atoms with Gasteiger partial charge in [-0.05, 0) is 12.3 Å². The molecule has 0 spiro atoms. The van der Waals surface area contributed by atoms with Crippen molar-refractivity contribution < 1.29 is 19.2 Å². The van der Waals surface area contributed by atoms with Crippen molar-refractivity contribution in [2.45, 2.75) is 67.3 Å². The van der Waals surface area contributed by atoms with E-state index in [4.69, 9.17) is 0 Å². The van der Waals surface area contributed by atoms with E-state index in [1.165, 1.54) is 6.92 Å². The summed E-state index contributed by atoms with van der Waals surface area (Å²) in [5.74, 6) is -1.58. The molecule has 1 fully saturated rings. The molecule has 0 N–H and O–H groups in total. The Morgan fingerprint density at radius 3 is 1.95 bits per heavy atom. The maximum absolute atomic E-state index is 12.7. The van der Waals surface area contributed by atoms with Gasteiger partial charge in [-0.2, -0.15) is 0 Å². The molecule has 1 heterocycles. The van der Waals surface area contributed by atoms with E-state index in [1.54, 1.807) is 20.8 Å². The lowest BCUT2D eigenvalue weighted by Crippen LogP contribution is -2.50. The first-order chi connectivity index (χ1) is 9.76. The van der Waals surface area contributed by atoms with Crippen LogP contribution >= 0.6 is 0 Å². The van der Waals surface area contributed by atoms with Gasteiger partial charge in [-0.15, -0.1) is 0 Å². The van der Waals surface area contributed by atoms with Crippen molar-refractivity contribution in [2.75, 3.05) is 0 Å². The van der Waals surface area contributed by atoms with E-state index in [0.717, 1.165) is 4.90 Å². The number of imide groups is 1. The molecule has 22 heavy (non-hydrogen) atoms. The highest BCUT2D eigenvalue weighted by Gasteiger charge is 2.50. The van der Waals surface area contributed by atoms with Crippen LogP contribution < -0.4 is 0 Å². The average Bonchev–Trinajstić information content (AvgIpc) is 2.59. The smallest absolute Gasteiger partial charge is 0.234 e. The number of rotatable bonds is 4. The minimum Gasteiger partial charge on any atom is -0.300 e. The Bertz CT molecular complexity index is 508. The van der Waals surface area contributed by atoms with Crippen molar-refractivity contribution in [1.82, 2.24) is 4.90 Å². The zero-order valence-corrected chi connectivity index (χ0v) is 14.6. The van der Waals surface area contributed by atoms with E-state index in [2.05, 4.69) is 0 Å². The first kappa shape index (κ1) is 18.5. The molecule has 0 aliphatic carbocycles. The fourth-order valence-corrected chi connectivity index (χ4v) is 2.73. The van der Waals surface area contributed by atoms with Crippen LogP contribution in [0.15, 0.2) is 0 Å². The fraction of sp³-hybridized carbons (Fsp3) is 0.765. The second kappa shape index (κ2) is 5.94. The molecule has 0 aromatic heterocycles. The molecule has 124 valence electrons. The molecular weight excluding hydrogens is 282 g/mol. The summed E-state index contributed by atoms with van der Waals surface area (Å²) in [4.78, 5) is 50.2. The fourth-order valence-electron chi connectivity index (χ4n) is 2.73. The van der Waals surface area contributed by atoms with Gasteiger partial charge in [-0.25, -0.2) is 0 Å². The van der Waals surface area contributed by atoms with Gasteiger partial charge in [-0.1, -0.05) is 41.5 Å². The molecule has 1 aliphatic heterocycles. The van der Waals surface area contributed by atoms with E-state index in [-0.39, 0.29) is 41.6 Å². The molecule has 0 saturated carbocycles. The van der Waals surface area contributed by atoms with Crippen molar-refractivity contribution in [2.24, 2.45) is 16.7 Å². The molecule has 0 radical (unpaired) electrons. The minimum atomic E-state index is -0.982. The van der Waals surface area contributed by atoms with E-state index < -0.39 is 17.4 Å². The van der Waals surface area contributed by atoms with Crippen LogP contribution in [-0.4, -0.2) is 34.3 Å². The quantitative estimate of drug-likeness (QED) is 0.747. The van der Waals surface area contributed by atoms with Crippen LogP contribution in [0.3, 0.4) is 0 Å². The molecule has 5 heteroatoms. The van der Waals surface area contributed by atoms with Crippen molar-refractivity contribution >= 4 is 23.4 Å². The Balaban J connectivity index is 3.20. The van der Waals surface area contributed by atoms with Crippen LogP contribution in [0.5, 0.6) is 0 Å². The van der Waals surface area contributed by atoms with Gasteiger partial charge in [0.05, 0.1) is 5.92 Å². The number of ketones is 2. The largest absolute Gasteiger partial charge is 0.300 e. The topological polar surface area (TPSA) is 71.5 Å². The second-order valence-corrected chi connectivity index (χ2v) is 8.26. The van der Waals surface area contributed by atoms with Gasteiger partial charge >= 0.3 is 0 Å². The van der Waals surface area contributed by atoms with Crippen LogP contribution in [0.4, 0.5) is 0 Å². The molecule has 0 aromatic carbocycles. The Labute approximate surface area is 132 Å². The third-order valence-electron chi connectivity index (χ3n) is 4.06. The van der Waals surface area contributed by atoms with Crippen LogP contribution in [0.1, 0.15) is 61.3 Å². The maximum Gasteiger partial charge on any atom is 0.234 e. The van der Waals surface area contributed by atoms with E-state index >= 15 is 0 Å². The van der Waals surface area contributed by atoms with E-state index in [9.17, 15) is 19.2 Å². The number of Topliss-reactive ketones (excluding diaryl/α,β-unsaturated/α-hetero) is 2. The standard InChI is InChI=1S/C17H27NO4/c1-10(19)8-12(14(21)17(5,6)7)18-13(20)9-11(15(18)22)16(2,3)4/h11-12H,8-9H2,1-7H3.